The Morgan fingerprint density at radius 1 is 0.776 bits per heavy atom. The van der Waals surface area contributed by atoms with Crippen LogP contribution in [0.4, 0.5) is 0 Å². The topological polar surface area (TPSA) is 220 Å². The Labute approximate surface area is 278 Å². The summed E-state index contributed by atoms with van der Waals surface area (Å²) in [5.74, 6) is 0.862. The molecule has 0 radical (unpaired) electrons. The van der Waals surface area contributed by atoms with Gasteiger partial charge in [0.15, 0.2) is 11.3 Å². The van der Waals surface area contributed by atoms with Crippen molar-refractivity contribution in [1.29, 1.82) is 0 Å². The molecule has 49 heavy (non-hydrogen) atoms. The highest BCUT2D eigenvalue weighted by molar-refractivity contribution is 5.88. The van der Waals surface area contributed by atoms with Crippen LogP contribution in [-0.4, -0.2) is 84.8 Å². The number of aliphatic hydroxyl groups excluding tert-OH is 4. The normalized spacial score (nSPS) is 23.1. The minimum atomic E-state index is -1.71. The van der Waals surface area contributed by atoms with E-state index < -0.39 is 48.5 Å². The molecular weight excluding hydrogens is 640 g/mol. The molecule has 7 rings (SSSR count). The maximum absolute atomic E-state index is 13.0. The van der Waals surface area contributed by atoms with Gasteiger partial charge in [-0.3, -0.25) is 4.79 Å². The Hall–Kier alpha value is -5.31. The quantitative estimate of drug-likeness (QED) is 0.135. The zero-order chi connectivity index (χ0) is 34.8. The van der Waals surface area contributed by atoms with Crippen LogP contribution >= 0.6 is 0 Å². The van der Waals surface area contributed by atoms with Gasteiger partial charge in [0.1, 0.15) is 53.7 Å². The number of benzene rings is 4. The van der Waals surface area contributed by atoms with Crippen molar-refractivity contribution in [2.24, 2.45) is 0 Å². The SMILES string of the molecule is O=c1c(-c2ccc(O)cc2)coc2c(O[C@@H]3O[C@H](CO)[C@@H](O)[C@H](O)[C@H]3O)c(O)ccc12.Oc1ccc([C@H]2COc3cc(O)ccc3C2)cc1. The first-order chi connectivity index (χ1) is 23.5. The molecule has 1 saturated heterocycles. The first-order valence-electron chi connectivity index (χ1n) is 15.3. The molecule has 13 heteroatoms. The monoisotopic (exact) mass is 674 g/mol. The van der Waals surface area contributed by atoms with Crippen molar-refractivity contribution in [3.63, 3.8) is 0 Å². The summed E-state index contributed by atoms with van der Waals surface area (Å²) in [6.07, 6.45) is -5.71. The van der Waals surface area contributed by atoms with Crippen molar-refractivity contribution in [1.82, 2.24) is 0 Å². The van der Waals surface area contributed by atoms with Gasteiger partial charge in [-0.2, -0.15) is 0 Å². The molecule has 0 saturated carbocycles. The molecule has 0 unspecified atom stereocenters. The molecular formula is C36H34O13. The lowest BCUT2D eigenvalue weighted by molar-refractivity contribution is -0.277. The van der Waals surface area contributed by atoms with Gasteiger partial charge in [0.2, 0.25) is 17.5 Å². The molecule has 4 aromatic carbocycles. The Morgan fingerprint density at radius 3 is 2.14 bits per heavy atom. The zero-order valence-electron chi connectivity index (χ0n) is 25.8. The number of phenols is 4. The molecule has 0 spiro atoms. The molecule has 256 valence electrons. The summed E-state index contributed by atoms with van der Waals surface area (Å²) in [6.45, 7) is -0.0569. The standard InChI is InChI=1S/C21H20O10.C15H14O3/c22-7-14-16(26)17(27)18(28)21(30-14)31-20-13(24)6-5-11-15(25)12(8-29-19(11)20)9-1-3-10(23)4-2-9;16-13-4-1-10(2-5-13)12-7-11-3-6-14(17)8-15(11)18-9-12/h1-6,8,14,16-18,21-24,26-28H,7H2;1-6,8,12,16-17H,7,9H2/t14-,16-,17+,18-,21+;12-/m11/s1. The first kappa shape index (κ1) is 33.6. The van der Waals surface area contributed by atoms with E-state index in [0.29, 0.717) is 18.1 Å². The van der Waals surface area contributed by atoms with Gasteiger partial charge in [-0.15, -0.1) is 0 Å². The van der Waals surface area contributed by atoms with E-state index in [9.17, 15) is 45.6 Å². The molecule has 6 atom stereocenters. The molecule has 3 heterocycles. The van der Waals surface area contributed by atoms with E-state index in [1.165, 1.54) is 24.3 Å². The van der Waals surface area contributed by atoms with Crippen LogP contribution in [0.15, 0.2) is 94.3 Å². The summed E-state index contributed by atoms with van der Waals surface area (Å²) in [4.78, 5) is 13.0. The Balaban J connectivity index is 0.000000195. The summed E-state index contributed by atoms with van der Waals surface area (Å²) in [7, 11) is 0. The fraction of sp³-hybridized carbons (Fsp3) is 0.250. The van der Waals surface area contributed by atoms with Crippen LogP contribution < -0.4 is 14.9 Å². The number of aliphatic hydroxyl groups is 4. The summed E-state index contributed by atoms with van der Waals surface area (Å²) < 4.78 is 22.0. The van der Waals surface area contributed by atoms with E-state index in [2.05, 4.69) is 0 Å². The number of hydrogen-bond acceptors (Lipinski definition) is 13. The van der Waals surface area contributed by atoms with Crippen LogP contribution in [0.1, 0.15) is 17.0 Å². The van der Waals surface area contributed by atoms with Crippen molar-refractivity contribution >= 4 is 11.0 Å². The Morgan fingerprint density at radius 2 is 1.45 bits per heavy atom. The second-order valence-corrected chi connectivity index (χ2v) is 11.7. The highest BCUT2D eigenvalue weighted by Gasteiger charge is 2.45. The molecule has 1 aromatic heterocycles. The first-order valence-corrected chi connectivity index (χ1v) is 15.3. The van der Waals surface area contributed by atoms with Crippen molar-refractivity contribution < 1.29 is 59.5 Å². The number of ether oxygens (including phenoxy) is 3. The molecule has 0 bridgehead atoms. The van der Waals surface area contributed by atoms with Gasteiger partial charge in [-0.25, -0.2) is 0 Å². The second-order valence-electron chi connectivity index (χ2n) is 11.7. The van der Waals surface area contributed by atoms with Crippen molar-refractivity contribution in [2.75, 3.05) is 13.2 Å². The van der Waals surface area contributed by atoms with Crippen LogP contribution in [0.2, 0.25) is 0 Å². The van der Waals surface area contributed by atoms with Gasteiger partial charge < -0.3 is 59.5 Å². The largest absolute Gasteiger partial charge is 0.508 e. The average Bonchev–Trinajstić information content (AvgIpc) is 3.10. The molecule has 1 fully saturated rings. The van der Waals surface area contributed by atoms with Gasteiger partial charge in [0, 0.05) is 12.0 Å². The van der Waals surface area contributed by atoms with Gasteiger partial charge in [0.05, 0.1) is 24.2 Å². The fourth-order valence-electron chi connectivity index (χ4n) is 5.72. The Bertz CT molecular complexity index is 1970. The minimum absolute atomic E-state index is 0.0362. The van der Waals surface area contributed by atoms with E-state index in [1.54, 1.807) is 36.4 Å². The summed E-state index contributed by atoms with van der Waals surface area (Å²) >= 11 is 0. The van der Waals surface area contributed by atoms with Gasteiger partial charge in [-0.05, 0) is 65.6 Å². The number of aromatic hydroxyl groups is 4. The fourth-order valence-corrected chi connectivity index (χ4v) is 5.72. The van der Waals surface area contributed by atoms with Gasteiger partial charge in [-0.1, -0.05) is 30.3 Å². The van der Waals surface area contributed by atoms with Crippen LogP contribution in [0.25, 0.3) is 22.1 Å². The summed E-state index contributed by atoms with van der Waals surface area (Å²) in [6, 6.07) is 20.9. The molecule has 2 aliphatic heterocycles. The Kier molecular flexibility index (Phi) is 9.62. The van der Waals surface area contributed by atoms with Crippen LogP contribution in [0.3, 0.4) is 0 Å². The molecule has 2 aliphatic rings. The number of hydrogen-bond donors (Lipinski definition) is 8. The van der Waals surface area contributed by atoms with E-state index in [0.717, 1.165) is 29.6 Å². The molecule has 13 nitrogen and oxygen atoms in total. The maximum Gasteiger partial charge on any atom is 0.229 e. The van der Waals surface area contributed by atoms with Crippen molar-refractivity contribution in [2.45, 2.75) is 43.0 Å². The van der Waals surface area contributed by atoms with E-state index >= 15 is 0 Å². The molecule has 0 aliphatic carbocycles. The van der Waals surface area contributed by atoms with Crippen LogP contribution in [0, 0.1) is 0 Å². The third kappa shape index (κ3) is 6.97. The van der Waals surface area contributed by atoms with Crippen molar-refractivity contribution in [3.8, 4) is 45.6 Å². The maximum atomic E-state index is 13.0. The van der Waals surface area contributed by atoms with Crippen molar-refractivity contribution in [3.05, 3.63) is 106 Å². The lowest BCUT2D eigenvalue weighted by atomic mass is 9.90. The highest BCUT2D eigenvalue weighted by Crippen LogP contribution is 2.38. The molecule has 0 amide bonds. The number of rotatable bonds is 5. The zero-order valence-corrected chi connectivity index (χ0v) is 25.8. The van der Waals surface area contributed by atoms with Crippen LogP contribution in [0.5, 0.6) is 34.5 Å². The van der Waals surface area contributed by atoms with Gasteiger partial charge >= 0.3 is 0 Å². The molecule has 5 aromatic rings. The minimum Gasteiger partial charge on any atom is -0.508 e. The predicted octanol–water partition coefficient (Wildman–Crippen LogP) is 2.87. The van der Waals surface area contributed by atoms with Gasteiger partial charge in [0.25, 0.3) is 0 Å². The smallest absolute Gasteiger partial charge is 0.229 e. The third-order valence-corrected chi connectivity index (χ3v) is 8.46. The highest BCUT2D eigenvalue weighted by atomic mass is 16.7. The van der Waals surface area contributed by atoms with Crippen LogP contribution in [-0.2, 0) is 11.2 Å². The number of fused-ring (bicyclic) bond motifs is 2. The van der Waals surface area contributed by atoms with E-state index in [4.69, 9.17) is 18.6 Å². The second kappa shape index (κ2) is 14.0. The third-order valence-electron chi connectivity index (χ3n) is 8.46. The van der Waals surface area contributed by atoms with E-state index in [1.807, 2.05) is 18.2 Å². The average molecular weight is 675 g/mol. The van der Waals surface area contributed by atoms with E-state index in [-0.39, 0.29) is 39.5 Å². The lowest BCUT2D eigenvalue weighted by Crippen LogP contribution is -2.60. The summed E-state index contributed by atoms with van der Waals surface area (Å²) in [5, 5.41) is 77.7. The predicted molar refractivity (Wildman–Crippen MR) is 174 cm³/mol. The lowest BCUT2D eigenvalue weighted by Gasteiger charge is -2.39. The summed E-state index contributed by atoms with van der Waals surface area (Å²) in [5.41, 5.74) is 2.40. The number of phenolic OH excluding ortho intramolecular Hbond substituents is 4. The molecule has 8 N–H and O–H groups in total.